The summed E-state index contributed by atoms with van der Waals surface area (Å²) in [6.45, 7) is 4.73. The SMILES string of the molecule is CC1(C)c2cc(-c3ccc4ccccc4c3)ccc2-c2ccc(-c3ccc4ccccc4c3)cc21. The third kappa shape index (κ3) is 3.14. The van der Waals surface area contributed by atoms with Gasteiger partial charge in [0.1, 0.15) is 0 Å². The van der Waals surface area contributed by atoms with Gasteiger partial charge in [-0.3, -0.25) is 0 Å². The van der Waals surface area contributed by atoms with Crippen LogP contribution >= 0.6 is 0 Å². The summed E-state index contributed by atoms with van der Waals surface area (Å²) in [5, 5.41) is 5.14. The molecule has 1 aliphatic rings. The van der Waals surface area contributed by atoms with Gasteiger partial charge in [-0.2, -0.15) is 0 Å². The number of benzene rings is 6. The summed E-state index contributed by atoms with van der Waals surface area (Å²) in [4.78, 5) is 0. The molecule has 0 aliphatic heterocycles. The Bertz CT molecular complexity index is 1640. The molecule has 6 aromatic rings. The first kappa shape index (κ1) is 20.2. The van der Waals surface area contributed by atoms with Gasteiger partial charge in [0, 0.05) is 5.41 Å². The summed E-state index contributed by atoms with van der Waals surface area (Å²) in [6.07, 6.45) is 0. The molecule has 0 heteroatoms. The monoisotopic (exact) mass is 446 g/mol. The van der Waals surface area contributed by atoms with Crippen LogP contribution in [0.5, 0.6) is 0 Å². The van der Waals surface area contributed by atoms with Gasteiger partial charge in [0.15, 0.2) is 0 Å². The minimum absolute atomic E-state index is 0.0512. The van der Waals surface area contributed by atoms with Gasteiger partial charge in [-0.1, -0.05) is 111 Å². The maximum atomic E-state index is 2.41. The van der Waals surface area contributed by atoms with Crippen molar-refractivity contribution in [1.29, 1.82) is 0 Å². The molecule has 0 unspecified atom stereocenters. The first-order valence-electron chi connectivity index (χ1n) is 12.4. The van der Waals surface area contributed by atoms with Gasteiger partial charge in [0.25, 0.3) is 0 Å². The summed E-state index contributed by atoms with van der Waals surface area (Å²) in [6, 6.07) is 44.8. The minimum Gasteiger partial charge on any atom is -0.0616 e. The highest BCUT2D eigenvalue weighted by atomic mass is 14.4. The highest BCUT2D eigenvalue weighted by Gasteiger charge is 2.35. The van der Waals surface area contributed by atoms with Crippen molar-refractivity contribution in [3.63, 3.8) is 0 Å². The van der Waals surface area contributed by atoms with Gasteiger partial charge in [-0.05, 0) is 90.3 Å². The maximum Gasteiger partial charge on any atom is 0.0159 e. The van der Waals surface area contributed by atoms with Crippen LogP contribution in [0.2, 0.25) is 0 Å². The molecule has 0 fully saturated rings. The summed E-state index contributed by atoms with van der Waals surface area (Å²) in [5.74, 6) is 0. The lowest BCUT2D eigenvalue weighted by Gasteiger charge is -2.22. The van der Waals surface area contributed by atoms with E-state index in [1.807, 2.05) is 0 Å². The molecule has 0 heterocycles. The predicted molar refractivity (Wildman–Crippen MR) is 150 cm³/mol. The maximum absolute atomic E-state index is 2.41. The van der Waals surface area contributed by atoms with Crippen molar-refractivity contribution >= 4 is 21.5 Å². The van der Waals surface area contributed by atoms with Gasteiger partial charge >= 0.3 is 0 Å². The van der Waals surface area contributed by atoms with Crippen LogP contribution in [0.25, 0.3) is 54.9 Å². The van der Waals surface area contributed by atoms with Crippen molar-refractivity contribution in [2.75, 3.05) is 0 Å². The molecule has 0 bridgehead atoms. The predicted octanol–water partition coefficient (Wildman–Crippen LogP) is 9.63. The van der Waals surface area contributed by atoms with E-state index in [9.17, 15) is 0 Å². The molecule has 6 aromatic carbocycles. The molecule has 166 valence electrons. The summed E-state index contributed by atoms with van der Waals surface area (Å²) in [7, 11) is 0. The minimum atomic E-state index is -0.0512. The number of rotatable bonds is 2. The van der Waals surface area contributed by atoms with Crippen molar-refractivity contribution in [3.8, 4) is 33.4 Å². The molecule has 0 aromatic heterocycles. The van der Waals surface area contributed by atoms with Crippen LogP contribution < -0.4 is 0 Å². The van der Waals surface area contributed by atoms with E-state index in [4.69, 9.17) is 0 Å². The Morgan fingerprint density at radius 2 is 0.743 bits per heavy atom. The van der Waals surface area contributed by atoms with E-state index in [1.165, 1.54) is 66.1 Å². The first-order valence-corrected chi connectivity index (χ1v) is 12.4. The van der Waals surface area contributed by atoms with Crippen LogP contribution in [-0.2, 0) is 5.41 Å². The number of hydrogen-bond acceptors (Lipinski definition) is 0. The average molecular weight is 447 g/mol. The molecule has 0 radical (unpaired) electrons. The molecule has 0 atom stereocenters. The molecule has 35 heavy (non-hydrogen) atoms. The zero-order valence-electron chi connectivity index (χ0n) is 20.0. The summed E-state index contributed by atoms with van der Waals surface area (Å²) < 4.78 is 0. The third-order valence-corrected chi connectivity index (χ3v) is 7.84. The molecule has 0 nitrogen and oxygen atoms in total. The Morgan fingerprint density at radius 1 is 0.371 bits per heavy atom. The normalized spacial score (nSPS) is 13.7. The highest BCUT2D eigenvalue weighted by Crippen LogP contribution is 2.50. The van der Waals surface area contributed by atoms with Gasteiger partial charge in [0.05, 0.1) is 0 Å². The smallest absolute Gasteiger partial charge is 0.0159 e. The van der Waals surface area contributed by atoms with Crippen LogP contribution in [0.3, 0.4) is 0 Å². The zero-order chi connectivity index (χ0) is 23.6. The molecule has 1 aliphatic carbocycles. The number of hydrogen-bond donors (Lipinski definition) is 0. The zero-order valence-corrected chi connectivity index (χ0v) is 20.0. The van der Waals surface area contributed by atoms with Crippen molar-refractivity contribution in [1.82, 2.24) is 0 Å². The molecular weight excluding hydrogens is 420 g/mol. The Hall–Kier alpha value is -4.16. The van der Waals surface area contributed by atoms with E-state index in [-0.39, 0.29) is 5.41 Å². The van der Waals surface area contributed by atoms with Gasteiger partial charge in [-0.25, -0.2) is 0 Å². The Morgan fingerprint density at radius 3 is 1.20 bits per heavy atom. The van der Waals surface area contributed by atoms with E-state index in [1.54, 1.807) is 0 Å². The van der Waals surface area contributed by atoms with E-state index in [0.29, 0.717) is 0 Å². The topological polar surface area (TPSA) is 0 Å². The van der Waals surface area contributed by atoms with E-state index < -0.39 is 0 Å². The van der Waals surface area contributed by atoms with Gasteiger partial charge in [-0.15, -0.1) is 0 Å². The number of fused-ring (bicyclic) bond motifs is 5. The lowest BCUT2D eigenvalue weighted by molar-refractivity contribution is 0.661. The largest absolute Gasteiger partial charge is 0.0616 e. The fraction of sp³-hybridized carbons (Fsp3) is 0.0857. The van der Waals surface area contributed by atoms with E-state index in [2.05, 4.69) is 135 Å². The standard InChI is InChI=1S/C35H26/c1-35(2)33-21-29(27-13-11-23-7-3-5-9-25(23)19-27)15-17-31(33)32-18-16-30(22-34(32)35)28-14-12-24-8-4-6-10-26(24)20-28/h3-22H,1-2H3. The van der Waals surface area contributed by atoms with Crippen LogP contribution in [0.15, 0.2) is 121 Å². The molecule has 7 rings (SSSR count). The summed E-state index contributed by atoms with van der Waals surface area (Å²) >= 11 is 0. The Kier molecular flexibility index (Phi) is 4.29. The van der Waals surface area contributed by atoms with E-state index >= 15 is 0 Å². The van der Waals surface area contributed by atoms with Crippen molar-refractivity contribution in [3.05, 3.63) is 132 Å². The quantitative estimate of drug-likeness (QED) is 0.248. The van der Waals surface area contributed by atoms with Crippen molar-refractivity contribution in [2.45, 2.75) is 19.3 Å². The van der Waals surface area contributed by atoms with Gasteiger partial charge in [0.2, 0.25) is 0 Å². The van der Waals surface area contributed by atoms with Crippen molar-refractivity contribution < 1.29 is 0 Å². The van der Waals surface area contributed by atoms with Crippen LogP contribution in [-0.4, -0.2) is 0 Å². The Labute approximate surface area is 206 Å². The lowest BCUT2D eigenvalue weighted by Crippen LogP contribution is -2.15. The van der Waals surface area contributed by atoms with Crippen LogP contribution in [0, 0.1) is 0 Å². The molecule has 0 saturated carbocycles. The second-order valence-corrected chi connectivity index (χ2v) is 10.3. The average Bonchev–Trinajstić information content (AvgIpc) is 3.13. The molecular formula is C35H26. The fourth-order valence-electron chi connectivity index (χ4n) is 5.83. The van der Waals surface area contributed by atoms with Gasteiger partial charge < -0.3 is 0 Å². The molecule has 0 amide bonds. The summed E-state index contributed by atoms with van der Waals surface area (Å²) in [5.41, 5.74) is 10.6. The molecule has 0 saturated heterocycles. The Balaban J connectivity index is 1.32. The molecule has 0 spiro atoms. The fourth-order valence-corrected chi connectivity index (χ4v) is 5.83. The molecule has 0 N–H and O–H groups in total. The second kappa shape index (κ2) is 7.42. The van der Waals surface area contributed by atoms with Crippen molar-refractivity contribution in [2.24, 2.45) is 0 Å². The third-order valence-electron chi connectivity index (χ3n) is 7.84. The second-order valence-electron chi connectivity index (χ2n) is 10.3. The first-order chi connectivity index (χ1) is 17.1. The van der Waals surface area contributed by atoms with E-state index in [0.717, 1.165) is 0 Å². The highest BCUT2D eigenvalue weighted by molar-refractivity contribution is 5.91. The lowest BCUT2D eigenvalue weighted by atomic mass is 9.80. The van der Waals surface area contributed by atoms with Crippen LogP contribution in [0.4, 0.5) is 0 Å². The van der Waals surface area contributed by atoms with Crippen LogP contribution in [0.1, 0.15) is 25.0 Å².